The molecule has 0 aliphatic carbocycles. The predicted molar refractivity (Wildman–Crippen MR) is 120 cm³/mol. The maximum Gasteiger partial charge on any atom is 0.269 e. The molecule has 0 radical (unpaired) electrons. The van der Waals surface area contributed by atoms with Gasteiger partial charge in [0.25, 0.3) is 11.6 Å². The number of carbonyl (C=O) groups excluding carboxylic acids is 1. The molecule has 0 saturated heterocycles. The number of hydrogen-bond acceptors (Lipinski definition) is 5. The molecule has 0 unspecified atom stereocenters. The standard InChI is InChI=1S/C21H17BrClN3O4/c22-19-11-14(12-24-16-6-8-18(9-7-16)26(28)29)1-10-20(19)30-13-21(27)25-17-4-2-15(23)3-5-17/h1-11,24H,12-13H2,(H,25,27). The number of nitrogens with one attached hydrogen (secondary N) is 2. The second kappa shape index (κ2) is 10.1. The minimum absolute atomic E-state index is 0.0462. The normalized spacial score (nSPS) is 10.3. The monoisotopic (exact) mass is 489 g/mol. The van der Waals surface area contributed by atoms with E-state index < -0.39 is 4.92 Å². The second-order valence-electron chi connectivity index (χ2n) is 6.27. The number of rotatable bonds is 8. The molecule has 0 aromatic heterocycles. The molecule has 0 aliphatic rings. The van der Waals surface area contributed by atoms with E-state index >= 15 is 0 Å². The molecule has 0 spiro atoms. The van der Waals surface area contributed by atoms with Crippen molar-refractivity contribution in [3.05, 3.63) is 91.9 Å². The Kier molecular flexibility index (Phi) is 7.26. The van der Waals surface area contributed by atoms with E-state index in [1.54, 1.807) is 42.5 Å². The fourth-order valence-corrected chi connectivity index (χ4v) is 3.22. The van der Waals surface area contributed by atoms with Gasteiger partial charge < -0.3 is 15.4 Å². The molecule has 0 saturated carbocycles. The van der Waals surface area contributed by atoms with Gasteiger partial charge in [0.15, 0.2) is 6.61 Å². The molecule has 0 aliphatic heterocycles. The number of nitro benzene ring substituents is 1. The number of hydrogen-bond donors (Lipinski definition) is 2. The first-order chi connectivity index (χ1) is 14.4. The fraction of sp³-hybridized carbons (Fsp3) is 0.0952. The lowest BCUT2D eigenvalue weighted by atomic mass is 10.2. The number of non-ortho nitro benzene ring substituents is 1. The smallest absolute Gasteiger partial charge is 0.269 e. The van der Waals surface area contributed by atoms with E-state index in [2.05, 4.69) is 26.6 Å². The molecule has 154 valence electrons. The van der Waals surface area contributed by atoms with E-state index in [4.69, 9.17) is 16.3 Å². The molecular formula is C21H17BrClN3O4. The van der Waals surface area contributed by atoms with Gasteiger partial charge in [-0.2, -0.15) is 0 Å². The Morgan fingerprint density at radius 1 is 1.03 bits per heavy atom. The maximum absolute atomic E-state index is 12.0. The Morgan fingerprint density at radius 3 is 2.33 bits per heavy atom. The van der Waals surface area contributed by atoms with Crippen molar-refractivity contribution in [3.8, 4) is 5.75 Å². The first-order valence-corrected chi connectivity index (χ1v) is 10.0. The van der Waals surface area contributed by atoms with E-state index in [0.29, 0.717) is 27.5 Å². The molecule has 0 bridgehead atoms. The van der Waals surface area contributed by atoms with Crippen LogP contribution in [0.4, 0.5) is 17.1 Å². The highest BCUT2D eigenvalue weighted by Crippen LogP contribution is 2.27. The molecule has 0 atom stereocenters. The molecule has 0 fully saturated rings. The highest BCUT2D eigenvalue weighted by Gasteiger charge is 2.08. The summed E-state index contributed by atoms with van der Waals surface area (Å²) >= 11 is 9.27. The maximum atomic E-state index is 12.0. The van der Waals surface area contributed by atoms with Crippen LogP contribution >= 0.6 is 27.5 Å². The number of benzene rings is 3. The van der Waals surface area contributed by atoms with Gasteiger partial charge in [-0.15, -0.1) is 0 Å². The van der Waals surface area contributed by atoms with Crippen molar-refractivity contribution >= 4 is 50.5 Å². The van der Waals surface area contributed by atoms with Gasteiger partial charge in [0.1, 0.15) is 5.75 Å². The first kappa shape index (κ1) is 21.6. The molecule has 3 aromatic carbocycles. The quantitative estimate of drug-likeness (QED) is 0.315. The molecule has 9 heteroatoms. The van der Waals surface area contributed by atoms with E-state index in [1.807, 2.05) is 12.1 Å². The van der Waals surface area contributed by atoms with Crippen molar-refractivity contribution in [1.29, 1.82) is 0 Å². The van der Waals surface area contributed by atoms with Crippen LogP contribution in [0.25, 0.3) is 0 Å². The lowest BCUT2D eigenvalue weighted by Gasteiger charge is -2.11. The van der Waals surface area contributed by atoms with Crippen molar-refractivity contribution in [2.45, 2.75) is 6.54 Å². The van der Waals surface area contributed by atoms with Crippen molar-refractivity contribution in [3.63, 3.8) is 0 Å². The number of carbonyl (C=O) groups is 1. The molecule has 0 heterocycles. The van der Waals surface area contributed by atoms with E-state index in [0.717, 1.165) is 11.3 Å². The number of nitro groups is 1. The van der Waals surface area contributed by atoms with Gasteiger partial charge in [-0.1, -0.05) is 17.7 Å². The van der Waals surface area contributed by atoms with Crippen LogP contribution in [0.1, 0.15) is 5.56 Å². The van der Waals surface area contributed by atoms with Gasteiger partial charge >= 0.3 is 0 Å². The topological polar surface area (TPSA) is 93.5 Å². The molecular weight excluding hydrogens is 474 g/mol. The average molecular weight is 491 g/mol. The largest absolute Gasteiger partial charge is 0.483 e. The Labute approximate surface area is 186 Å². The lowest BCUT2D eigenvalue weighted by molar-refractivity contribution is -0.384. The minimum Gasteiger partial charge on any atom is -0.483 e. The third kappa shape index (κ3) is 6.20. The Bertz CT molecular complexity index is 1040. The molecule has 3 aromatic rings. The summed E-state index contributed by atoms with van der Waals surface area (Å²) < 4.78 is 6.29. The summed E-state index contributed by atoms with van der Waals surface area (Å²) in [6, 6.07) is 18.5. The SMILES string of the molecule is O=C(COc1ccc(CNc2ccc([N+](=O)[O-])cc2)cc1Br)Nc1ccc(Cl)cc1. The van der Waals surface area contributed by atoms with Gasteiger partial charge in [0, 0.05) is 35.1 Å². The summed E-state index contributed by atoms with van der Waals surface area (Å²) in [4.78, 5) is 22.3. The van der Waals surface area contributed by atoms with E-state index in [1.165, 1.54) is 12.1 Å². The van der Waals surface area contributed by atoms with Crippen LogP contribution in [-0.4, -0.2) is 17.4 Å². The minimum atomic E-state index is -0.435. The summed E-state index contributed by atoms with van der Waals surface area (Å²) in [6.07, 6.45) is 0. The fourth-order valence-electron chi connectivity index (χ4n) is 2.55. The van der Waals surface area contributed by atoms with Crippen molar-refractivity contribution in [1.82, 2.24) is 0 Å². The summed E-state index contributed by atoms with van der Waals surface area (Å²) in [5.41, 5.74) is 2.43. The lowest BCUT2D eigenvalue weighted by Crippen LogP contribution is -2.20. The summed E-state index contributed by atoms with van der Waals surface area (Å²) in [5.74, 6) is 0.258. The number of ether oxygens (including phenoxy) is 1. The van der Waals surface area contributed by atoms with Gasteiger partial charge in [0.2, 0.25) is 0 Å². The molecule has 2 N–H and O–H groups in total. The van der Waals surface area contributed by atoms with Crippen LogP contribution in [0.3, 0.4) is 0 Å². The zero-order chi connectivity index (χ0) is 21.5. The third-order valence-corrected chi connectivity index (χ3v) is 4.93. The van der Waals surface area contributed by atoms with E-state index in [9.17, 15) is 14.9 Å². The number of halogens is 2. The Hall–Kier alpha value is -3.10. The highest BCUT2D eigenvalue weighted by molar-refractivity contribution is 9.10. The highest BCUT2D eigenvalue weighted by atomic mass is 79.9. The molecule has 30 heavy (non-hydrogen) atoms. The van der Waals surface area contributed by atoms with Crippen LogP contribution < -0.4 is 15.4 Å². The van der Waals surface area contributed by atoms with Crippen LogP contribution in [-0.2, 0) is 11.3 Å². The van der Waals surface area contributed by atoms with Crippen molar-refractivity contribution in [2.75, 3.05) is 17.2 Å². The number of amides is 1. The summed E-state index contributed by atoms with van der Waals surface area (Å²) in [7, 11) is 0. The van der Waals surface area contributed by atoms with E-state index in [-0.39, 0.29) is 18.2 Å². The second-order valence-corrected chi connectivity index (χ2v) is 7.56. The van der Waals surface area contributed by atoms with Crippen LogP contribution in [0.15, 0.2) is 71.2 Å². The molecule has 3 rings (SSSR count). The van der Waals surface area contributed by atoms with Crippen LogP contribution in [0, 0.1) is 10.1 Å². The third-order valence-electron chi connectivity index (χ3n) is 4.06. The van der Waals surface area contributed by atoms with Gasteiger partial charge in [-0.05, 0) is 70.0 Å². The van der Waals surface area contributed by atoms with Crippen molar-refractivity contribution < 1.29 is 14.5 Å². The number of anilines is 2. The molecule has 1 amide bonds. The van der Waals surface area contributed by atoms with Gasteiger partial charge in [-0.25, -0.2) is 0 Å². The van der Waals surface area contributed by atoms with Gasteiger partial charge in [0.05, 0.1) is 9.40 Å². The summed E-state index contributed by atoms with van der Waals surface area (Å²) in [6.45, 7) is 0.384. The van der Waals surface area contributed by atoms with Crippen molar-refractivity contribution in [2.24, 2.45) is 0 Å². The predicted octanol–water partition coefficient (Wildman–Crippen LogP) is 5.64. The first-order valence-electron chi connectivity index (χ1n) is 8.86. The van der Waals surface area contributed by atoms with Gasteiger partial charge in [-0.3, -0.25) is 14.9 Å². The Morgan fingerprint density at radius 2 is 1.70 bits per heavy atom. The number of nitrogens with zero attached hydrogens (tertiary/aromatic N) is 1. The van der Waals surface area contributed by atoms with Crippen LogP contribution in [0.2, 0.25) is 5.02 Å². The summed E-state index contributed by atoms with van der Waals surface area (Å²) in [5, 5.41) is 17.2. The zero-order valence-electron chi connectivity index (χ0n) is 15.6. The Balaban J connectivity index is 1.51. The van der Waals surface area contributed by atoms with Crippen LogP contribution in [0.5, 0.6) is 5.75 Å². The zero-order valence-corrected chi connectivity index (χ0v) is 17.9. The average Bonchev–Trinajstić information content (AvgIpc) is 2.73. The molecule has 7 nitrogen and oxygen atoms in total.